The summed E-state index contributed by atoms with van der Waals surface area (Å²) in [6.45, 7) is 6.56. The van der Waals surface area contributed by atoms with Crippen LogP contribution in [0.1, 0.15) is 27.2 Å². The van der Waals surface area contributed by atoms with E-state index in [1.54, 1.807) is 4.90 Å². The Morgan fingerprint density at radius 3 is 2.57 bits per heavy atom. The van der Waals surface area contributed by atoms with Gasteiger partial charge in [-0.3, -0.25) is 19.3 Å². The topological polar surface area (TPSA) is 95.9 Å². The summed E-state index contributed by atoms with van der Waals surface area (Å²) in [4.78, 5) is 36.2. The van der Waals surface area contributed by atoms with Gasteiger partial charge in [-0.15, -0.1) is 0 Å². The number of nitrogens with one attached hydrogen (secondary N) is 1. The number of hydrogen-bond acceptors (Lipinski definition) is 5. The van der Waals surface area contributed by atoms with Gasteiger partial charge in [0.15, 0.2) is 5.78 Å². The van der Waals surface area contributed by atoms with E-state index in [2.05, 4.69) is 5.32 Å². The SMILES string of the molecule is CC(=O)C(NC(=O)CN1CCOCC1CC(=O)O)C(C)C. The Labute approximate surface area is 124 Å². The van der Waals surface area contributed by atoms with Gasteiger partial charge in [-0.2, -0.15) is 0 Å². The van der Waals surface area contributed by atoms with E-state index >= 15 is 0 Å². The molecule has 0 aliphatic carbocycles. The van der Waals surface area contributed by atoms with Gasteiger partial charge in [-0.05, 0) is 12.8 Å². The Balaban J connectivity index is 2.58. The highest BCUT2D eigenvalue weighted by Gasteiger charge is 2.28. The van der Waals surface area contributed by atoms with Gasteiger partial charge in [0.25, 0.3) is 0 Å². The third-order valence-corrected chi connectivity index (χ3v) is 3.53. The van der Waals surface area contributed by atoms with Crippen molar-refractivity contribution >= 4 is 17.7 Å². The highest BCUT2D eigenvalue weighted by molar-refractivity contribution is 5.88. The van der Waals surface area contributed by atoms with Crippen molar-refractivity contribution in [3.8, 4) is 0 Å². The molecule has 0 aromatic heterocycles. The lowest BCUT2D eigenvalue weighted by atomic mass is 10.0. The largest absolute Gasteiger partial charge is 0.481 e. The molecule has 0 bridgehead atoms. The number of Topliss-reactive ketones (excluding diaryl/α,β-unsaturated/α-hetero) is 1. The molecule has 0 aromatic carbocycles. The second-order valence-electron chi connectivity index (χ2n) is 5.70. The molecule has 1 aliphatic heterocycles. The van der Waals surface area contributed by atoms with Gasteiger partial charge in [0.1, 0.15) is 0 Å². The minimum Gasteiger partial charge on any atom is -0.481 e. The minimum atomic E-state index is -0.917. The molecular weight excluding hydrogens is 276 g/mol. The summed E-state index contributed by atoms with van der Waals surface area (Å²) in [5.41, 5.74) is 0. The third-order valence-electron chi connectivity index (χ3n) is 3.53. The maximum atomic E-state index is 12.1. The monoisotopic (exact) mass is 300 g/mol. The zero-order chi connectivity index (χ0) is 16.0. The van der Waals surface area contributed by atoms with Crippen molar-refractivity contribution in [3.05, 3.63) is 0 Å². The van der Waals surface area contributed by atoms with Gasteiger partial charge >= 0.3 is 5.97 Å². The standard InChI is InChI=1S/C14H24N2O5/c1-9(2)14(10(3)17)15-12(18)7-16-4-5-21-8-11(16)6-13(19)20/h9,11,14H,4-8H2,1-3H3,(H,15,18)(H,19,20). The average Bonchev–Trinajstić information content (AvgIpc) is 2.37. The Morgan fingerprint density at radius 1 is 1.38 bits per heavy atom. The molecule has 0 aromatic rings. The summed E-state index contributed by atoms with van der Waals surface area (Å²) in [7, 11) is 0. The number of morpholine rings is 1. The maximum absolute atomic E-state index is 12.1. The Morgan fingerprint density at radius 2 is 2.05 bits per heavy atom. The van der Waals surface area contributed by atoms with Crippen molar-refractivity contribution < 1.29 is 24.2 Å². The number of carboxylic acids is 1. The predicted molar refractivity (Wildman–Crippen MR) is 75.9 cm³/mol. The average molecular weight is 300 g/mol. The zero-order valence-corrected chi connectivity index (χ0v) is 12.8. The highest BCUT2D eigenvalue weighted by Crippen LogP contribution is 2.11. The van der Waals surface area contributed by atoms with Crippen LogP contribution in [0.4, 0.5) is 0 Å². The van der Waals surface area contributed by atoms with Crippen molar-refractivity contribution in [3.63, 3.8) is 0 Å². The van der Waals surface area contributed by atoms with E-state index in [4.69, 9.17) is 9.84 Å². The summed E-state index contributed by atoms with van der Waals surface area (Å²) in [5, 5.41) is 11.6. The number of carboxylic acid groups (broad SMARTS) is 1. The first-order chi connectivity index (χ1) is 9.81. The van der Waals surface area contributed by atoms with E-state index < -0.39 is 12.0 Å². The van der Waals surface area contributed by atoms with Gasteiger partial charge in [0.05, 0.1) is 32.2 Å². The van der Waals surface area contributed by atoms with Gasteiger partial charge in [-0.25, -0.2) is 0 Å². The van der Waals surface area contributed by atoms with E-state index in [1.807, 2.05) is 13.8 Å². The number of hydrogen-bond donors (Lipinski definition) is 2. The lowest BCUT2D eigenvalue weighted by Crippen LogP contribution is -2.53. The molecule has 2 unspecified atom stereocenters. The number of amides is 1. The molecule has 1 fully saturated rings. The number of carbonyl (C=O) groups is 3. The highest BCUT2D eigenvalue weighted by atomic mass is 16.5. The zero-order valence-electron chi connectivity index (χ0n) is 12.8. The van der Waals surface area contributed by atoms with E-state index in [0.29, 0.717) is 19.8 Å². The van der Waals surface area contributed by atoms with Crippen LogP contribution >= 0.6 is 0 Å². The molecule has 1 heterocycles. The van der Waals surface area contributed by atoms with Crippen LogP contribution in [0.5, 0.6) is 0 Å². The van der Waals surface area contributed by atoms with Crippen molar-refractivity contribution in [2.75, 3.05) is 26.3 Å². The normalized spacial score (nSPS) is 21.0. The molecule has 2 N–H and O–H groups in total. The molecule has 7 heteroatoms. The minimum absolute atomic E-state index is 0.0194. The third kappa shape index (κ3) is 5.81. The van der Waals surface area contributed by atoms with E-state index in [1.165, 1.54) is 6.92 Å². The van der Waals surface area contributed by atoms with Crippen LogP contribution in [0.15, 0.2) is 0 Å². The first kappa shape index (κ1) is 17.6. The van der Waals surface area contributed by atoms with Gasteiger partial charge < -0.3 is 15.2 Å². The molecule has 1 aliphatic rings. The van der Waals surface area contributed by atoms with Crippen LogP contribution < -0.4 is 5.32 Å². The lowest BCUT2D eigenvalue weighted by Gasteiger charge is -2.34. The number of ether oxygens (including phenoxy) is 1. The number of ketones is 1. The summed E-state index contributed by atoms with van der Waals surface area (Å²) in [5.74, 6) is -1.24. The number of aliphatic carboxylic acids is 1. The molecule has 2 atom stereocenters. The smallest absolute Gasteiger partial charge is 0.305 e. The molecule has 0 radical (unpaired) electrons. The quantitative estimate of drug-likeness (QED) is 0.681. The van der Waals surface area contributed by atoms with Crippen LogP contribution in [-0.2, 0) is 19.1 Å². The van der Waals surface area contributed by atoms with Crippen molar-refractivity contribution in [2.45, 2.75) is 39.3 Å². The molecule has 1 saturated heterocycles. The summed E-state index contributed by atoms with van der Waals surface area (Å²) < 4.78 is 5.26. The summed E-state index contributed by atoms with van der Waals surface area (Å²) >= 11 is 0. The van der Waals surface area contributed by atoms with Crippen molar-refractivity contribution in [1.82, 2.24) is 10.2 Å². The molecule has 1 amide bonds. The van der Waals surface area contributed by atoms with E-state index in [0.717, 1.165) is 0 Å². The van der Waals surface area contributed by atoms with E-state index in [-0.39, 0.29) is 36.6 Å². The van der Waals surface area contributed by atoms with Crippen LogP contribution in [0, 0.1) is 5.92 Å². The van der Waals surface area contributed by atoms with Crippen LogP contribution in [0.2, 0.25) is 0 Å². The molecule has 1 rings (SSSR count). The van der Waals surface area contributed by atoms with Gasteiger partial charge in [0.2, 0.25) is 5.91 Å². The Bertz CT molecular complexity index is 397. The lowest BCUT2D eigenvalue weighted by molar-refractivity contribution is -0.141. The molecule has 120 valence electrons. The number of carbonyl (C=O) groups excluding carboxylic acids is 2. The fourth-order valence-corrected chi connectivity index (χ4v) is 2.43. The molecule has 7 nitrogen and oxygen atoms in total. The molecule has 0 spiro atoms. The molecule has 0 saturated carbocycles. The fraction of sp³-hybridized carbons (Fsp3) is 0.786. The summed E-state index contributed by atoms with van der Waals surface area (Å²) in [6.07, 6.45) is -0.0619. The first-order valence-electron chi connectivity index (χ1n) is 7.14. The summed E-state index contributed by atoms with van der Waals surface area (Å²) in [6, 6.07) is -0.812. The van der Waals surface area contributed by atoms with E-state index in [9.17, 15) is 14.4 Å². The first-order valence-corrected chi connectivity index (χ1v) is 7.14. The van der Waals surface area contributed by atoms with Crippen LogP contribution in [0.25, 0.3) is 0 Å². The number of rotatable bonds is 7. The van der Waals surface area contributed by atoms with Crippen LogP contribution in [0.3, 0.4) is 0 Å². The fourth-order valence-electron chi connectivity index (χ4n) is 2.43. The maximum Gasteiger partial charge on any atom is 0.305 e. The molecule has 21 heavy (non-hydrogen) atoms. The number of nitrogens with zero attached hydrogens (tertiary/aromatic N) is 1. The second-order valence-corrected chi connectivity index (χ2v) is 5.70. The predicted octanol–water partition coefficient (Wildman–Crippen LogP) is -0.108. The molecular formula is C14H24N2O5. The Hall–Kier alpha value is -1.47. The Kier molecular flexibility index (Phi) is 6.77. The van der Waals surface area contributed by atoms with Gasteiger partial charge in [-0.1, -0.05) is 13.8 Å². The second kappa shape index (κ2) is 8.09. The van der Waals surface area contributed by atoms with Gasteiger partial charge in [0, 0.05) is 12.6 Å². The van der Waals surface area contributed by atoms with Crippen molar-refractivity contribution in [1.29, 1.82) is 0 Å². The van der Waals surface area contributed by atoms with Crippen molar-refractivity contribution in [2.24, 2.45) is 5.92 Å². The van der Waals surface area contributed by atoms with Crippen LogP contribution in [-0.4, -0.2) is 66.1 Å².